The lowest BCUT2D eigenvalue weighted by Crippen LogP contribution is -1.99. The van der Waals surface area contributed by atoms with Crippen LogP contribution in [-0.4, -0.2) is 37.3 Å². The molecular weight excluding hydrogens is 114 g/mol. The monoisotopic (exact) mass is 133 g/mol. The Labute approximate surface area is 58.5 Å². The van der Waals surface area contributed by atoms with Gasteiger partial charge in [-0.1, -0.05) is 6.92 Å². The molecule has 0 radical (unpaired) electrons. The molecule has 0 rings (SSSR count). The van der Waals surface area contributed by atoms with Crippen molar-refractivity contribution in [2.45, 2.75) is 26.4 Å². The van der Waals surface area contributed by atoms with Gasteiger partial charge >= 0.3 is 0 Å². The highest BCUT2D eigenvalue weighted by Crippen LogP contribution is 1.81. The predicted molar refractivity (Wildman–Crippen MR) is 41.6 cm³/mol. The Kier molecular flexibility index (Phi) is 10.3. The number of nitrogens with zero attached hydrogens (tertiary/aromatic N) is 1. The maximum absolute atomic E-state index is 8.36. The molecule has 0 aromatic carbocycles. The van der Waals surface area contributed by atoms with Gasteiger partial charge in [0, 0.05) is 0 Å². The molecule has 0 saturated heterocycles. The zero-order valence-corrected chi connectivity index (χ0v) is 7.18. The van der Waals surface area contributed by atoms with Gasteiger partial charge in [0.25, 0.3) is 0 Å². The van der Waals surface area contributed by atoms with E-state index in [1.165, 1.54) is 0 Å². The molecule has 2 nitrogen and oxygen atoms in total. The smallest absolute Gasteiger partial charge is 0.0509 e. The summed E-state index contributed by atoms with van der Waals surface area (Å²) >= 11 is 0. The van der Waals surface area contributed by atoms with Gasteiger partial charge in [-0.25, -0.2) is 0 Å². The van der Waals surface area contributed by atoms with Crippen molar-refractivity contribution in [3.8, 4) is 0 Å². The van der Waals surface area contributed by atoms with Crippen molar-refractivity contribution >= 4 is 0 Å². The predicted octanol–water partition coefficient (Wildman–Crippen LogP) is 0.955. The highest BCUT2D eigenvalue weighted by Gasteiger charge is 1.81. The van der Waals surface area contributed by atoms with E-state index >= 15 is 0 Å². The highest BCUT2D eigenvalue weighted by molar-refractivity contribution is 4.34. The standard InChI is InChI=1S/C4H10O.C3H9N/c1-3-4(2)5;1-4(2)3/h4-5H,3H2,1-2H3;1-3H3. The normalized spacial score (nSPS) is 12.3. The summed E-state index contributed by atoms with van der Waals surface area (Å²) in [6.45, 7) is 3.73. The molecule has 0 aliphatic rings. The van der Waals surface area contributed by atoms with Gasteiger partial charge in [-0.15, -0.1) is 0 Å². The minimum absolute atomic E-state index is 0.116. The summed E-state index contributed by atoms with van der Waals surface area (Å²) < 4.78 is 0. The summed E-state index contributed by atoms with van der Waals surface area (Å²) in [4.78, 5) is 2.00. The fraction of sp³-hybridized carbons (Fsp3) is 1.00. The van der Waals surface area contributed by atoms with Gasteiger partial charge in [0.1, 0.15) is 0 Å². The van der Waals surface area contributed by atoms with Gasteiger partial charge in [0.05, 0.1) is 6.10 Å². The van der Waals surface area contributed by atoms with E-state index in [-0.39, 0.29) is 6.10 Å². The topological polar surface area (TPSA) is 23.5 Å². The molecule has 0 fully saturated rings. The molecule has 9 heavy (non-hydrogen) atoms. The van der Waals surface area contributed by atoms with E-state index in [9.17, 15) is 0 Å². The van der Waals surface area contributed by atoms with Crippen LogP contribution >= 0.6 is 0 Å². The van der Waals surface area contributed by atoms with E-state index in [1.54, 1.807) is 6.92 Å². The third-order valence-electron chi connectivity index (χ3n) is 0.591. The van der Waals surface area contributed by atoms with E-state index < -0.39 is 0 Å². The SMILES string of the molecule is CCC(C)O.CN(C)C. The third-order valence-corrected chi connectivity index (χ3v) is 0.591. The molecule has 0 spiro atoms. The van der Waals surface area contributed by atoms with Gasteiger partial charge in [-0.2, -0.15) is 0 Å². The lowest BCUT2D eigenvalue weighted by atomic mass is 10.3. The first-order valence-electron chi connectivity index (χ1n) is 3.29. The minimum Gasteiger partial charge on any atom is -0.393 e. The van der Waals surface area contributed by atoms with Gasteiger partial charge in [-0.3, -0.25) is 0 Å². The molecule has 1 unspecified atom stereocenters. The number of aliphatic hydroxyl groups excluding tert-OH is 1. The van der Waals surface area contributed by atoms with Crippen LogP contribution in [0.15, 0.2) is 0 Å². The lowest BCUT2D eigenvalue weighted by molar-refractivity contribution is 0.191. The summed E-state index contributed by atoms with van der Waals surface area (Å²) in [5, 5.41) is 8.36. The van der Waals surface area contributed by atoms with Crippen LogP contribution in [-0.2, 0) is 0 Å². The summed E-state index contributed by atoms with van der Waals surface area (Å²) in [7, 11) is 6.00. The molecule has 0 bridgehead atoms. The summed E-state index contributed by atoms with van der Waals surface area (Å²) in [5.41, 5.74) is 0. The second kappa shape index (κ2) is 7.92. The first-order valence-corrected chi connectivity index (χ1v) is 3.29. The molecular formula is C7H19NO. The van der Waals surface area contributed by atoms with Crippen LogP contribution in [0.2, 0.25) is 0 Å². The Bertz CT molecular complexity index is 41.4. The van der Waals surface area contributed by atoms with Crippen LogP contribution in [0.5, 0.6) is 0 Å². The van der Waals surface area contributed by atoms with Gasteiger partial charge in [0.2, 0.25) is 0 Å². The van der Waals surface area contributed by atoms with Crippen molar-refractivity contribution in [1.29, 1.82) is 0 Å². The first-order chi connectivity index (χ1) is 4.00. The van der Waals surface area contributed by atoms with Crippen LogP contribution < -0.4 is 0 Å². The summed E-state index contributed by atoms with van der Waals surface area (Å²) in [6, 6.07) is 0. The largest absolute Gasteiger partial charge is 0.393 e. The molecule has 58 valence electrons. The van der Waals surface area contributed by atoms with Gasteiger partial charge in [-0.05, 0) is 34.5 Å². The Morgan fingerprint density at radius 3 is 1.44 bits per heavy atom. The van der Waals surface area contributed by atoms with Crippen LogP contribution in [0.1, 0.15) is 20.3 Å². The minimum atomic E-state index is -0.116. The van der Waals surface area contributed by atoms with Crippen molar-refractivity contribution in [2.24, 2.45) is 0 Å². The van der Waals surface area contributed by atoms with E-state index in [0.717, 1.165) is 6.42 Å². The maximum Gasteiger partial charge on any atom is 0.0509 e. The fourth-order valence-corrected chi connectivity index (χ4v) is 0. The number of rotatable bonds is 1. The van der Waals surface area contributed by atoms with Gasteiger partial charge < -0.3 is 10.0 Å². The van der Waals surface area contributed by atoms with Gasteiger partial charge in [0.15, 0.2) is 0 Å². The van der Waals surface area contributed by atoms with Crippen molar-refractivity contribution < 1.29 is 5.11 Å². The van der Waals surface area contributed by atoms with Crippen LogP contribution in [0.4, 0.5) is 0 Å². The molecule has 0 aliphatic heterocycles. The molecule has 0 heterocycles. The van der Waals surface area contributed by atoms with E-state index in [4.69, 9.17) is 5.11 Å². The quantitative estimate of drug-likeness (QED) is 0.576. The van der Waals surface area contributed by atoms with Crippen molar-refractivity contribution in [3.05, 3.63) is 0 Å². The average Bonchev–Trinajstić information content (AvgIpc) is 1.65. The third kappa shape index (κ3) is 75.3. The Balaban J connectivity index is 0. The van der Waals surface area contributed by atoms with Crippen LogP contribution in [0, 0.1) is 0 Å². The zero-order valence-electron chi connectivity index (χ0n) is 7.18. The zero-order chi connectivity index (χ0) is 7.86. The van der Waals surface area contributed by atoms with Crippen LogP contribution in [0.25, 0.3) is 0 Å². The van der Waals surface area contributed by atoms with E-state index in [0.29, 0.717) is 0 Å². The molecule has 1 atom stereocenters. The van der Waals surface area contributed by atoms with Crippen molar-refractivity contribution in [3.63, 3.8) is 0 Å². The Hall–Kier alpha value is -0.0800. The molecule has 0 aliphatic carbocycles. The summed E-state index contributed by atoms with van der Waals surface area (Å²) in [5.74, 6) is 0. The van der Waals surface area contributed by atoms with E-state index in [1.807, 2.05) is 33.0 Å². The fourth-order valence-electron chi connectivity index (χ4n) is 0. The first kappa shape index (κ1) is 11.7. The van der Waals surface area contributed by atoms with E-state index in [2.05, 4.69) is 0 Å². The average molecular weight is 133 g/mol. The number of hydrogen-bond acceptors (Lipinski definition) is 2. The Morgan fingerprint density at radius 2 is 1.44 bits per heavy atom. The van der Waals surface area contributed by atoms with Crippen molar-refractivity contribution in [2.75, 3.05) is 21.1 Å². The molecule has 2 heteroatoms. The molecule has 1 N–H and O–H groups in total. The highest BCUT2D eigenvalue weighted by atomic mass is 16.3. The second-order valence-electron chi connectivity index (χ2n) is 2.60. The number of hydrogen-bond donors (Lipinski definition) is 1. The molecule has 0 amide bonds. The van der Waals surface area contributed by atoms with Crippen molar-refractivity contribution in [1.82, 2.24) is 4.90 Å². The molecule has 0 aromatic rings. The van der Waals surface area contributed by atoms with Crippen LogP contribution in [0.3, 0.4) is 0 Å². The maximum atomic E-state index is 8.36. The molecule has 0 aromatic heterocycles. The lowest BCUT2D eigenvalue weighted by Gasteiger charge is -1.90. The second-order valence-corrected chi connectivity index (χ2v) is 2.60. The number of aliphatic hydroxyl groups is 1. The summed E-state index contributed by atoms with van der Waals surface area (Å²) in [6.07, 6.45) is 0.745. The Morgan fingerprint density at radius 1 is 1.33 bits per heavy atom. The molecule has 0 saturated carbocycles.